The van der Waals surface area contributed by atoms with Gasteiger partial charge in [0.05, 0.1) is 6.04 Å². The molecule has 1 fully saturated rings. The second kappa shape index (κ2) is 8.31. The van der Waals surface area contributed by atoms with Gasteiger partial charge >= 0.3 is 0 Å². The van der Waals surface area contributed by atoms with Gasteiger partial charge in [-0.05, 0) is 37.1 Å². The highest BCUT2D eigenvalue weighted by atomic mass is 32.1. The maximum absolute atomic E-state index is 12.9. The predicted molar refractivity (Wildman–Crippen MR) is 93.8 cm³/mol. The molecule has 0 bridgehead atoms. The summed E-state index contributed by atoms with van der Waals surface area (Å²) in [4.78, 5) is 28.9. The Labute approximate surface area is 149 Å². The van der Waals surface area contributed by atoms with Gasteiger partial charge in [0.1, 0.15) is 10.8 Å². The molecule has 5 nitrogen and oxygen atoms in total. The van der Waals surface area contributed by atoms with Crippen LogP contribution >= 0.6 is 11.3 Å². The predicted octanol–water partition coefficient (Wildman–Crippen LogP) is 2.39. The molecule has 1 saturated heterocycles. The Morgan fingerprint density at radius 3 is 2.76 bits per heavy atom. The topological polar surface area (TPSA) is 71.1 Å². The molecule has 1 aromatic heterocycles. The van der Waals surface area contributed by atoms with Crippen molar-refractivity contribution in [2.24, 2.45) is 0 Å². The van der Waals surface area contributed by atoms with Crippen molar-refractivity contribution in [2.75, 3.05) is 6.54 Å². The smallest absolute Gasteiger partial charge is 0.288 e. The Kier molecular flexibility index (Phi) is 5.88. The van der Waals surface area contributed by atoms with Crippen LogP contribution in [0.15, 0.2) is 35.8 Å². The van der Waals surface area contributed by atoms with E-state index in [0.29, 0.717) is 5.56 Å². The number of thiazole rings is 1. The van der Waals surface area contributed by atoms with E-state index in [4.69, 9.17) is 0 Å². The fourth-order valence-corrected chi connectivity index (χ4v) is 3.73. The number of halogens is 1. The molecular formula is C18H20FN3O2S. The first-order valence-corrected chi connectivity index (χ1v) is 9.22. The molecule has 2 heterocycles. The lowest BCUT2D eigenvalue weighted by Gasteiger charge is -2.30. The molecule has 2 aromatic rings. The lowest BCUT2D eigenvalue weighted by molar-refractivity contribution is -0.138. The van der Waals surface area contributed by atoms with Crippen LogP contribution in [0.1, 0.15) is 35.9 Å². The molecule has 25 heavy (non-hydrogen) atoms. The molecule has 2 unspecified atom stereocenters. The fraction of sp³-hybridized carbons (Fsp3) is 0.389. The number of carbonyl (C=O) groups is 2. The van der Waals surface area contributed by atoms with Gasteiger partial charge in [0.15, 0.2) is 0 Å². The summed E-state index contributed by atoms with van der Waals surface area (Å²) in [6.07, 6.45) is 4.77. The Bertz CT molecular complexity index is 712. The molecule has 3 rings (SSSR count). The molecule has 7 heteroatoms. The van der Waals surface area contributed by atoms with E-state index >= 15 is 0 Å². The Hall–Kier alpha value is -2.12. The highest BCUT2D eigenvalue weighted by Crippen LogP contribution is 2.24. The van der Waals surface area contributed by atoms with E-state index < -0.39 is 11.7 Å². The van der Waals surface area contributed by atoms with Gasteiger partial charge in [0, 0.05) is 24.0 Å². The zero-order valence-electron chi connectivity index (χ0n) is 13.7. The van der Waals surface area contributed by atoms with Crippen LogP contribution in [-0.4, -0.2) is 29.3 Å². The summed E-state index contributed by atoms with van der Waals surface area (Å²) >= 11 is 1.47. The normalized spacial score (nSPS) is 18.5. The largest absolute Gasteiger partial charge is 0.339 e. The van der Waals surface area contributed by atoms with Crippen molar-refractivity contribution in [3.8, 4) is 0 Å². The molecule has 1 aliphatic rings. The van der Waals surface area contributed by atoms with E-state index in [9.17, 15) is 14.0 Å². The molecule has 1 amide bonds. The van der Waals surface area contributed by atoms with Gasteiger partial charge < -0.3 is 10.6 Å². The lowest BCUT2D eigenvalue weighted by Crippen LogP contribution is -2.47. The van der Waals surface area contributed by atoms with Crippen LogP contribution in [0.25, 0.3) is 0 Å². The van der Waals surface area contributed by atoms with Crippen molar-refractivity contribution in [3.63, 3.8) is 0 Å². The number of Topliss-reactive ketones (excluding diaryl/α,β-unsaturated/α-hetero) is 1. The first kappa shape index (κ1) is 17.7. The van der Waals surface area contributed by atoms with Crippen LogP contribution in [0.3, 0.4) is 0 Å². The second-order valence-electron chi connectivity index (χ2n) is 6.10. The third-order valence-corrected chi connectivity index (χ3v) is 5.14. The van der Waals surface area contributed by atoms with E-state index in [1.807, 2.05) is 5.38 Å². The number of benzene rings is 1. The van der Waals surface area contributed by atoms with Gasteiger partial charge in [0.25, 0.3) is 5.91 Å². The van der Waals surface area contributed by atoms with Crippen LogP contribution < -0.4 is 10.6 Å². The summed E-state index contributed by atoms with van der Waals surface area (Å²) in [5.74, 6) is -1.53. The van der Waals surface area contributed by atoms with Crippen molar-refractivity contribution in [2.45, 2.75) is 37.8 Å². The Morgan fingerprint density at radius 1 is 1.32 bits per heavy atom. The minimum absolute atomic E-state index is 0.0468. The molecule has 0 aliphatic carbocycles. The Balaban J connectivity index is 1.66. The van der Waals surface area contributed by atoms with Crippen LogP contribution in [0, 0.1) is 5.82 Å². The third kappa shape index (κ3) is 4.70. The molecule has 1 aromatic carbocycles. The number of aromatic nitrogens is 1. The van der Waals surface area contributed by atoms with Gasteiger partial charge in [-0.1, -0.05) is 18.6 Å². The van der Waals surface area contributed by atoms with Gasteiger partial charge in [0.2, 0.25) is 5.78 Å². The molecular weight excluding hydrogens is 341 g/mol. The number of carbonyl (C=O) groups excluding carboxylic acids is 2. The summed E-state index contributed by atoms with van der Waals surface area (Å²) < 4.78 is 12.9. The van der Waals surface area contributed by atoms with Crippen molar-refractivity contribution in [1.29, 1.82) is 0 Å². The number of ketones is 1. The molecule has 132 valence electrons. The van der Waals surface area contributed by atoms with Crippen LogP contribution in [0.4, 0.5) is 4.39 Å². The summed E-state index contributed by atoms with van der Waals surface area (Å²) in [5, 5.41) is 8.90. The van der Waals surface area contributed by atoms with E-state index in [2.05, 4.69) is 15.6 Å². The maximum atomic E-state index is 12.9. The van der Waals surface area contributed by atoms with Crippen LogP contribution in [-0.2, 0) is 16.0 Å². The number of nitrogens with zero attached hydrogens (tertiary/aromatic N) is 1. The molecule has 0 spiro atoms. The Morgan fingerprint density at radius 2 is 2.12 bits per heavy atom. The first-order valence-electron chi connectivity index (χ1n) is 8.34. The number of piperidine rings is 1. The molecule has 2 N–H and O–H groups in total. The van der Waals surface area contributed by atoms with E-state index in [1.54, 1.807) is 6.20 Å². The van der Waals surface area contributed by atoms with Gasteiger partial charge in [-0.3, -0.25) is 9.59 Å². The number of rotatable bonds is 6. The summed E-state index contributed by atoms with van der Waals surface area (Å²) in [6, 6.07) is 5.35. The molecule has 1 aliphatic heterocycles. The van der Waals surface area contributed by atoms with Crippen molar-refractivity contribution in [1.82, 2.24) is 15.6 Å². The highest BCUT2D eigenvalue weighted by molar-refractivity contribution is 7.09. The van der Waals surface area contributed by atoms with Gasteiger partial charge in [-0.25, -0.2) is 9.37 Å². The van der Waals surface area contributed by atoms with Crippen molar-refractivity contribution in [3.05, 3.63) is 52.2 Å². The van der Waals surface area contributed by atoms with E-state index in [1.165, 1.54) is 35.6 Å². The summed E-state index contributed by atoms with van der Waals surface area (Å²) in [5.41, 5.74) is 0.614. The maximum Gasteiger partial charge on any atom is 0.288 e. The number of hydrogen-bond acceptors (Lipinski definition) is 5. The van der Waals surface area contributed by atoms with Crippen molar-refractivity contribution < 1.29 is 14.0 Å². The van der Waals surface area contributed by atoms with Crippen molar-refractivity contribution >= 4 is 23.0 Å². The zero-order chi connectivity index (χ0) is 17.6. The van der Waals surface area contributed by atoms with Gasteiger partial charge in [-0.2, -0.15) is 0 Å². The van der Waals surface area contributed by atoms with Crippen LogP contribution in [0.2, 0.25) is 0 Å². The highest BCUT2D eigenvalue weighted by Gasteiger charge is 2.29. The van der Waals surface area contributed by atoms with E-state index in [-0.39, 0.29) is 24.3 Å². The molecule has 0 saturated carbocycles. The van der Waals surface area contributed by atoms with Gasteiger partial charge in [-0.15, -0.1) is 11.3 Å². The minimum Gasteiger partial charge on any atom is -0.339 e. The molecule has 0 radical (unpaired) electrons. The third-order valence-electron chi connectivity index (χ3n) is 4.29. The summed E-state index contributed by atoms with van der Waals surface area (Å²) in [6.45, 7) is 0.895. The average molecular weight is 361 g/mol. The second-order valence-corrected chi connectivity index (χ2v) is 7.03. The summed E-state index contributed by atoms with van der Waals surface area (Å²) in [7, 11) is 0. The number of hydrogen-bond donors (Lipinski definition) is 2. The number of nitrogens with one attached hydrogen (secondary N) is 2. The SMILES string of the molecule is O=C(Cc1ccc(F)cc1)C(=O)NC(c1nccs1)C1CCCCN1. The monoisotopic (exact) mass is 361 g/mol. The zero-order valence-corrected chi connectivity index (χ0v) is 14.5. The lowest BCUT2D eigenvalue weighted by atomic mass is 9.97. The van der Waals surface area contributed by atoms with E-state index in [0.717, 1.165) is 30.8 Å². The average Bonchev–Trinajstić information content (AvgIpc) is 3.16. The quantitative estimate of drug-likeness (QED) is 0.775. The minimum atomic E-state index is -0.628. The number of amides is 1. The first-order chi connectivity index (χ1) is 12.1. The molecule has 2 atom stereocenters. The standard InChI is InChI=1S/C18H20FN3O2S/c19-13-6-4-12(5-7-13)11-15(23)17(24)22-16(18-21-9-10-25-18)14-3-1-2-8-20-14/h4-7,9-10,14,16,20H,1-3,8,11H2,(H,22,24). The van der Waals surface area contributed by atoms with Crippen LogP contribution in [0.5, 0.6) is 0 Å². The fourth-order valence-electron chi connectivity index (χ4n) is 2.98.